The minimum Gasteiger partial charge on any atom is -0.392 e. The average molecular weight is 416 g/mol. The molecule has 4 rings (SSSR count). The Kier molecular flexibility index (Phi) is 8.49. The number of likely N-dealkylation sites (tertiary alicyclic amines) is 1. The number of rotatable bonds is 10. The summed E-state index contributed by atoms with van der Waals surface area (Å²) in [5.41, 5.74) is 1.64. The first-order valence-electron chi connectivity index (χ1n) is 13.2. The molecule has 0 amide bonds. The van der Waals surface area contributed by atoms with Crippen LogP contribution in [0.4, 0.5) is 0 Å². The zero-order valence-corrected chi connectivity index (χ0v) is 19.1. The lowest BCUT2D eigenvalue weighted by atomic mass is 9.88. The Morgan fingerprint density at radius 1 is 1.03 bits per heavy atom. The first kappa shape index (κ1) is 22.6. The van der Waals surface area contributed by atoms with Crippen LogP contribution in [0.2, 0.25) is 0 Å². The molecule has 0 unspecified atom stereocenters. The third kappa shape index (κ3) is 6.20. The molecule has 170 valence electrons. The van der Waals surface area contributed by atoms with Crippen LogP contribution in [-0.4, -0.2) is 47.0 Å². The normalized spacial score (nSPS) is 34.0. The zero-order valence-electron chi connectivity index (χ0n) is 19.1. The third-order valence-electron chi connectivity index (χ3n) is 8.48. The minimum absolute atomic E-state index is 0.225. The van der Waals surface area contributed by atoms with E-state index in [1.165, 1.54) is 96.7 Å². The van der Waals surface area contributed by atoms with E-state index >= 15 is 0 Å². The monoisotopic (exact) mass is 415 g/mol. The summed E-state index contributed by atoms with van der Waals surface area (Å²) in [6.07, 6.45) is 23.9. The van der Waals surface area contributed by atoms with Gasteiger partial charge in [-0.05, 0) is 88.8 Å². The molecule has 5 atom stereocenters. The number of fused-ring (bicyclic) bond motifs is 1. The van der Waals surface area contributed by atoms with Crippen molar-refractivity contribution < 1.29 is 10.2 Å². The summed E-state index contributed by atoms with van der Waals surface area (Å²) in [7, 11) is 0. The number of hydrogen-bond acceptors (Lipinski definition) is 3. The van der Waals surface area contributed by atoms with Gasteiger partial charge in [-0.15, -0.1) is 0 Å². The number of allylic oxidation sites excluding steroid dienone is 2. The second-order valence-electron chi connectivity index (χ2n) is 10.8. The van der Waals surface area contributed by atoms with Crippen molar-refractivity contribution in [1.82, 2.24) is 4.90 Å². The van der Waals surface area contributed by atoms with Crippen LogP contribution in [0.1, 0.15) is 89.9 Å². The number of piperidine rings is 1. The fraction of sp³-hybridized carbons (Fsp3) is 0.852. The molecule has 30 heavy (non-hydrogen) atoms. The Hall–Kier alpha value is -0.640. The highest BCUT2D eigenvalue weighted by Crippen LogP contribution is 2.48. The average Bonchev–Trinajstić information content (AvgIpc) is 3.44. The van der Waals surface area contributed by atoms with Gasteiger partial charge in [-0.25, -0.2) is 0 Å². The van der Waals surface area contributed by atoms with Gasteiger partial charge in [0.25, 0.3) is 0 Å². The number of aliphatic hydroxyl groups excluding tert-OH is 2. The molecule has 2 N–H and O–H groups in total. The first-order valence-corrected chi connectivity index (χ1v) is 13.2. The maximum absolute atomic E-state index is 10.6. The Labute approximate surface area is 184 Å². The standard InChI is InChI=1S/C27H45NO2/c29-24(18-21-9-4-5-10-21)12-13-25-26-19-22(17-23(26)20-27(25)30)11-3-1-6-14-28-15-7-2-8-16-28/h12-13,17,21,23-27,29-30H,1-11,14-16,18-20H2/t23-,24+,25+,26-,27+/m0/s1. The van der Waals surface area contributed by atoms with Crippen molar-refractivity contribution in [2.45, 2.75) is 102 Å². The Morgan fingerprint density at radius 2 is 1.83 bits per heavy atom. The number of hydrogen-bond donors (Lipinski definition) is 2. The maximum Gasteiger partial charge on any atom is 0.0723 e. The quantitative estimate of drug-likeness (QED) is 0.367. The van der Waals surface area contributed by atoms with E-state index < -0.39 is 0 Å². The van der Waals surface area contributed by atoms with Gasteiger partial charge in [0.15, 0.2) is 0 Å². The van der Waals surface area contributed by atoms with Crippen LogP contribution < -0.4 is 0 Å². The van der Waals surface area contributed by atoms with E-state index in [-0.39, 0.29) is 18.1 Å². The van der Waals surface area contributed by atoms with E-state index in [0.29, 0.717) is 17.8 Å². The minimum atomic E-state index is -0.326. The van der Waals surface area contributed by atoms with Gasteiger partial charge in [0.05, 0.1) is 12.2 Å². The summed E-state index contributed by atoms with van der Waals surface area (Å²) in [6, 6.07) is 0. The molecule has 2 saturated carbocycles. The Morgan fingerprint density at radius 3 is 2.63 bits per heavy atom. The third-order valence-corrected chi connectivity index (χ3v) is 8.48. The molecule has 3 fully saturated rings. The molecule has 3 heteroatoms. The summed E-state index contributed by atoms with van der Waals surface area (Å²) in [4.78, 5) is 2.65. The SMILES string of the molecule is O[C@H](C=C[C@@H]1[C@H]2CC(CCCCCN3CCCCC3)=C[C@H]2C[C@H]1O)CC1CCCC1. The number of unbranched alkanes of at least 4 members (excludes halogenated alkanes) is 2. The van der Waals surface area contributed by atoms with E-state index in [0.717, 1.165) is 12.8 Å². The van der Waals surface area contributed by atoms with Crippen LogP contribution in [0.3, 0.4) is 0 Å². The lowest BCUT2D eigenvalue weighted by Gasteiger charge is -2.26. The fourth-order valence-corrected chi connectivity index (χ4v) is 6.76. The molecule has 0 spiro atoms. The Balaban J connectivity index is 1.16. The highest BCUT2D eigenvalue weighted by molar-refractivity contribution is 5.21. The van der Waals surface area contributed by atoms with Crippen molar-refractivity contribution in [1.29, 1.82) is 0 Å². The molecular formula is C27H45NO2. The predicted octanol–water partition coefficient (Wildman–Crippen LogP) is 5.47. The van der Waals surface area contributed by atoms with E-state index in [1.54, 1.807) is 5.57 Å². The van der Waals surface area contributed by atoms with Gasteiger partial charge < -0.3 is 15.1 Å². The molecule has 0 bridgehead atoms. The largest absolute Gasteiger partial charge is 0.392 e. The molecular weight excluding hydrogens is 370 g/mol. The molecule has 3 nitrogen and oxygen atoms in total. The number of nitrogens with zero attached hydrogens (tertiary/aromatic N) is 1. The van der Waals surface area contributed by atoms with Crippen molar-refractivity contribution in [3.05, 3.63) is 23.8 Å². The molecule has 0 aromatic heterocycles. The maximum atomic E-state index is 10.6. The van der Waals surface area contributed by atoms with E-state index in [1.807, 2.05) is 6.08 Å². The van der Waals surface area contributed by atoms with Gasteiger partial charge >= 0.3 is 0 Å². The molecule has 0 radical (unpaired) electrons. The van der Waals surface area contributed by atoms with Gasteiger partial charge in [0.1, 0.15) is 0 Å². The van der Waals surface area contributed by atoms with Gasteiger partial charge in [-0.3, -0.25) is 0 Å². The molecule has 0 aromatic rings. The highest BCUT2D eigenvalue weighted by atomic mass is 16.3. The molecule has 3 aliphatic carbocycles. The van der Waals surface area contributed by atoms with Crippen LogP contribution >= 0.6 is 0 Å². The van der Waals surface area contributed by atoms with Crippen LogP contribution in [0.15, 0.2) is 23.8 Å². The molecule has 1 aliphatic heterocycles. The molecule has 0 aromatic carbocycles. The van der Waals surface area contributed by atoms with Crippen LogP contribution in [0, 0.1) is 23.7 Å². The smallest absolute Gasteiger partial charge is 0.0723 e. The molecule has 1 heterocycles. The van der Waals surface area contributed by atoms with Crippen molar-refractivity contribution in [2.75, 3.05) is 19.6 Å². The first-order chi connectivity index (χ1) is 14.7. The lowest BCUT2D eigenvalue weighted by Crippen LogP contribution is -2.30. The lowest BCUT2D eigenvalue weighted by molar-refractivity contribution is 0.139. The van der Waals surface area contributed by atoms with E-state index in [4.69, 9.17) is 0 Å². The molecule has 1 saturated heterocycles. The van der Waals surface area contributed by atoms with Gasteiger partial charge in [-0.2, -0.15) is 0 Å². The van der Waals surface area contributed by atoms with Gasteiger partial charge in [0, 0.05) is 5.92 Å². The van der Waals surface area contributed by atoms with Crippen LogP contribution in [-0.2, 0) is 0 Å². The van der Waals surface area contributed by atoms with E-state index in [9.17, 15) is 10.2 Å². The van der Waals surface area contributed by atoms with Crippen LogP contribution in [0.5, 0.6) is 0 Å². The van der Waals surface area contributed by atoms with Crippen molar-refractivity contribution in [3.63, 3.8) is 0 Å². The second-order valence-corrected chi connectivity index (χ2v) is 10.8. The second kappa shape index (κ2) is 11.3. The zero-order chi connectivity index (χ0) is 20.8. The topological polar surface area (TPSA) is 43.7 Å². The predicted molar refractivity (Wildman–Crippen MR) is 124 cm³/mol. The summed E-state index contributed by atoms with van der Waals surface area (Å²) >= 11 is 0. The van der Waals surface area contributed by atoms with Crippen molar-refractivity contribution in [3.8, 4) is 0 Å². The summed E-state index contributed by atoms with van der Waals surface area (Å²) < 4.78 is 0. The van der Waals surface area contributed by atoms with Crippen molar-refractivity contribution in [2.24, 2.45) is 23.7 Å². The fourth-order valence-electron chi connectivity index (χ4n) is 6.76. The summed E-state index contributed by atoms with van der Waals surface area (Å²) in [6.45, 7) is 3.94. The van der Waals surface area contributed by atoms with Gasteiger partial charge in [-0.1, -0.05) is 62.3 Å². The summed E-state index contributed by atoms with van der Waals surface area (Å²) in [5, 5.41) is 21.0. The van der Waals surface area contributed by atoms with E-state index in [2.05, 4.69) is 17.1 Å². The summed E-state index contributed by atoms with van der Waals surface area (Å²) in [5.74, 6) is 2.07. The van der Waals surface area contributed by atoms with Gasteiger partial charge in [0.2, 0.25) is 0 Å². The van der Waals surface area contributed by atoms with Crippen LogP contribution in [0.25, 0.3) is 0 Å². The number of aliphatic hydroxyl groups is 2. The Bertz CT molecular complexity index is 573. The highest BCUT2D eigenvalue weighted by Gasteiger charge is 2.43. The molecule has 4 aliphatic rings. The van der Waals surface area contributed by atoms with Crippen molar-refractivity contribution >= 4 is 0 Å².